The molecule has 118 valence electrons. The maximum Gasteiger partial charge on any atom is 0.0678 e. The van der Waals surface area contributed by atoms with Gasteiger partial charge in [0.2, 0.25) is 0 Å². The molecule has 3 unspecified atom stereocenters. The molecule has 3 heteroatoms. The maximum atomic E-state index is 5.86. The van der Waals surface area contributed by atoms with Gasteiger partial charge in [-0.3, -0.25) is 4.90 Å². The Morgan fingerprint density at radius 1 is 1.19 bits per heavy atom. The lowest BCUT2D eigenvalue weighted by atomic mass is 9.81. The van der Waals surface area contributed by atoms with Crippen LogP contribution in [0.15, 0.2) is 30.3 Å². The highest BCUT2D eigenvalue weighted by atomic mass is 16.5. The summed E-state index contributed by atoms with van der Waals surface area (Å²) in [5.41, 5.74) is 1.55. The number of morpholine rings is 1. The van der Waals surface area contributed by atoms with E-state index in [0.717, 1.165) is 32.7 Å². The van der Waals surface area contributed by atoms with Gasteiger partial charge in [0.1, 0.15) is 0 Å². The van der Waals surface area contributed by atoms with Gasteiger partial charge in [0.25, 0.3) is 0 Å². The third-order valence-corrected chi connectivity index (χ3v) is 4.30. The number of hydrogen-bond donors (Lipinski definition) is 1. The number of benzene rings is 1. The molecule has 1 aromatic rings. The lowest BCUT2D eigenvalue weighted by Crippen LogP contribution is -2.52. The van der Waals surface area contributed by atoms with Crippen LogP contribution in [0.3, 0.4) is 0 Å². The molecule has 0 bridgehead atoms. The van der Waals surface area contributed by atoms with Gasteiger partial charge >= 0.3 is 0 Å². The Balaban J connectivity index is 2.12. The molecule has 1 aromatic carbocycles. The van der Waals surface area contributed by atoms with Crippen LogP contribution >= 0.6 is 0 Å². The van der Waals surface area contributed by atoms with E-state index in [-0.39, 0.29) is 5.41 Å². The number of rotatable bonds is 6. The van der Waals surface area contributed by atoms with Gasteiger partial charge in [-0.2, -0.15) is 0 Å². The zero-order valence-electron chi connectivity index (χ0n) is 13.9. The molecule has 1 aliphatic heterocycles. The number of nitrogens with zero attached hydrogens (tertiary/aromatic N) is 1. The Bertz CT molecular complexity index is 412. The van der Waals surface area contributed by atoms with Crippen molar-refractivity contribution in [3.8, 4) is 0 Å². The van der Waals surface area contributed by atoms with Gasteiger partial charge in [0.15, 0.2) is 0 Å². The summed E-state index contributed by atoms with van der Waals surface area (Å²) in [5.74, 6) is 0. The van der Waals surface area contributed by atoms with E-state index in [9.17, 15) is 0 Å². The smallest absolute Gasteiger partial charge is 0.0678 e. The largest absolute Gasteiger partial charge is 0.373 e. The minimum atomic E-state index is 0.133. The third-order valence-electron chi connectivity index (χ3n) is 4.30. The van der Waals surface area contributed by atoms with Crippen LogP contribution in [0, 0.1) is 0 Å². The van der Waals surface area contributed by atoms with E-state index in [1.165, 1.54) is 5.56 Å². The zero-order valence-corrected chi connectivity index (χ0v) is 13.9. The predicted molar refractivity (Wildman–Crippen MR) is 88.8 cm³/mol. The molecule has 0 radical (unpaired) electrons. The Morgan fingerprint density at radius 2 is 1.81 bits per heavy atom. The fraction of sp³-hybridized carbons (Fsp3) is 0.667. The van der Waals surface area contributed by atoms with Crippen LogP contribution in [0.5, 0.6) is 0 Å². The van der Waals surface area contributed by atoms with Crippen LogP contribution in [0.25, 0.3) is 0 Å². The SMILES string of the molecule is CCNCC(C)(CN1CC(C)OC(C)C1)c1ccccc1. The van der Waals surface area contributed by atoms with Crippen molar-refractivity contribution in [3.63, 3.8) is 0 Å². The molecule has 3 nitrogen and oxygen atoms in total. The normalized spacial score (nSPS) is 26.5. The van der Waals surface area contributed by atoms with E-state index in [0.29, 0.717) is 12.2 Å². The van der Waals surface area contributed by atoms with E-state index < -0.39 is 0 Å². The zero-order chi connectivity index (χ0) is 15.3. The van der Waals surface area contributed by atoms with Gasteiger partial charge in [0, 0.05) is 31.6 Å². The summed E-state index contributed by atoms with van der Waals surface area (Å²) in [6, 6.07) is 10.9. The molecule has 1 heterocycles. The van der Waals surface area contributed by atoms with Crippen molar-refractivity contribution in [2.75, 3.05) is 32.7 Å². The number of ether oxygens (including phenoxy) is 1. The van der Waals surface area contributed by atoms with Gasteiger partial charge in [-0.25, -0.2) is 0 Å². The minimum Gasteiger partial charge on any atom is -0.373 e. The summed E-state index contributed by atoms with van der Waals surface area (Å²) in [6.45, 7) is 14.0. The van der Waals surface area contributed by atoms with E-state index in [1.54, 1.807) is 0 Å². The van der Waals surface area contributed by atoms with Gasteiger partial charge in [-0.15, -0.1) is 0 Å². The molecular weight excluding hydrogens is 260 g/mol. The Kier molecular flexibility index (Phi) is 5.80. The van der Waals surface area contributed by atoms with Crippen LogP contribution in [-0.2, 0) is 10.2 Å². The summed E-state index contributed by atoms with van der Waals surface area (Å²) >= 11 is 0. The fourth-order valence-electron chi connectivity index (χ4n) is 3.40. The van der Waals surface area contributed by atoms with Crippen LogP contribution in [0.1, 0.15) is 33.3 Å². The maximum absolute atomic E-state index is 5.86. The first kappa shape index (κ1) is 16.5. The highest BCUT2D eigenvalue weighted by Crippen LogP contribution is 2.26. The molecule has 21 heavy (non-hydrogen) atoms. The van der Waals surface area contributed by atoms with E-state index in [4.69, 9.17) is 4.74 Å². The quantitative estimate of drug-likeness (QED) is 0.872. The molecule has 0 saturated carbocycles. The standard InChI is InChI=1S/C18H30N2O/c1-5-19-13-18(4,17-9-7-6-8-10-17)14-20-11-15(2)21-16(3)12-20/h6-10,15-16,19H,5,11-14H2,1-4H3. The second kappa shape index (κ2) is 7.39. The van der Waals surface area contributed by atoms with E-state index >= 15 is 0 Å². The van der Waals surface area contributed by atoms with E-state index in [1.807, 2.05) is 0 Å². The second-order valence-electron chi connectivity index (χ2n) is 6.66. The van der Waals surface area contributed by atoms with E-state index in [2.05, 4.69) is 68.2 Å². The molecule has 0 amide bonds. The van der Waals surface area contributed by atoms with Gasteiger partial charge < -0.3 is 10.1 Å². The highest BCUT2D eigenvalue weighted by molar-refractivity contribution is 5.25. The van der Waals surface area contributed by atoms with Crippen molar-refractivity contribution < 1.29 is 4.74 Å². The fourth-order valence-corrected chi connectivity index (χ4v) is 3.40. The third kappa shape index (κ3) is 4.53. The first-order chi connectivity index (χ1) is 10.0. The van der Waals surface area contributed by atoms with Crippen molar-refractivity contribution in [1.29, 1.82) is 0 Å². The minimum absolute atomic E-state index is 0.133. The molecule has 0 aromatic heterocycles. The number of likely N-dealkylation sites (N-methyl/N-ethyl adjacent to an activating group) is 1. The Hall–Kier alpha value is -0.900. The second-order valence-corrected chi connectivity index (χ2v) is 6.66. The van der Waals surface area contributed by atoms with Crippen molar-refractivity contribution in [3.05, 3.63) is 35.9 Å². The van der Waals surface area contributed by atoms with Crippen molar-refractivity contribution in [2.45, 2.75) is 45.3 Å². The molecule has 1 fully saturated rings. The topological polar surface area (TPSA) is 24.5 Å². The summed E-state index contributed by atoms with van der Waals surface area (Å²) in [5, 5.41) is 3.54. The first-order valence-corrected chi connectivity index (χ1v) is 8.17. The Morgan fingerprint density at radius 3 is 2.38 bits per heavy atom. The molecule has 0 aliphatic carbocycles. The van der Waals surface area contributed by atoms with Gasteiger partial charge in [0.05, 0.1) is 12.2 Å². The number of nitrogens with one attached hydrogen (secondary N) is 1. The average molecular weight is 290 g/mol. The predicted octanol–water partition coefficient (Wildman–Crippen LogP) is 2.66. The lowest BCUT2D eigenvalue weighted by Gasteiger charge is -2.41. The molecule has 1 saturated heterocycles. The highest BCUT2D eigenvalue weighted by Gasteiger charge is 2.32. The first-order valence-electron chi connectivity index (χ1n) is 8.17. The Labute approximate surface area is 129 Å². The average Bonchev–Trinajstić information content (AvgIpc) is 2.45. The van der Waals surface area contributed by atoms with Crippen LogP contribution in [0.2, 0.25) is 0 Å². The molecule has 1 aliphatic rings. The summed E-state index contributed by atoms with van der Waals surface area (Å²) in [4.78, 5) is 2.56. The van der Waals surface area contributed by atoms with Crippen molar-refractivity contribution in [2.24, 2.45) is 0 Å². The number of hydrogen-bond acceptors (Lipinski definition) is 3. The van der Waals surface area contributed by atoms with Crippen LogP contribution in [0.4, 0.5) is 0 Å². The lowest BCUT2D eigenvalue weighted by molar-refractivity contribution is -0.0725. The van der Waals surface area contributed by atoms with Crippen LogP contribution in [-0.4, -0.2) is 49.8 Å². The van der Waals surface area contributed by atoms with Crippen LogP contribution < -0.4 is 5.32 Å². The van der Waals surface area contributed by atoms with Crippen molar-refractivity contribution >= 4 is 0 Å². The molecular formula is C18H30N2O. The summed E-state index contributed by atoms with van der Waals surface area (Å²) in [7, 11) is 0. The molecule has 0 spiro atoms. The summed E-state index contributed by atoms with van der Waals surface area (Å²) < 4.78 is 5.86. The van der Waals surface area contributed by atoms with Crippen molar-refractivity contribution in [1.82, 2.24) is 10.2 Å². The molecule has 3 atom stereocenters. The summed E-state index contributed by atoms with van der Waals surface area (Å²) in [6.07, 6.45) is 0.654. The van der Waals surface area contributed by atoms with Gasteiger partial charge in [-0.05, 0) is 26.0 Å². The molecule has 1 N–H and O–H groups in total. The monoisotopic (exact) mass is 290 g/mol. The molecule has 2 rings (SSSR count). The van der Waals surface area contributed by atoms with Gasteiger partial charge in [-0.1, -0.05) is 44.2 Å².